The van der Waals surface area contributed by atoms with Crippen molar-refractivity contribution in [1.82, 2.24) is 5.43 Å². The molecule has 0 saturated carbocycles. The van der Waals surface area contributed by atoms with Gasteiger partial charge in [0.2, 0.25) is 5.91 Å². The Kier molecular flexibility index (Phi) is 6.86. The van der Waals surface area contributed by atoms with Gasteiger partial charge >= 0.3 is 5.97 Å². The lowest BCUT2D eigenvalue weighted by Gasteiger charge is -2.19. The van der Waals surface area contributed by atoms with Crippen molar-refractivity contribution in [3.63, 3.8) is 0 Å². The van der Waals surface area contributed by atoms with E-state index in [-0.39, 0.29) is 29.7 Å². The van der Waals surface area contributed by atoms with E-state index in [4.69, 9.17) is 5.11 Å². The first-order valence-corrected chi connectivity index (χ1v) is 9.87. The third-order valence-electron chi connectivity index (χ3n) is 4.86. The van der Waals surface area contributed by atoms with Gasteiger partial charge in [-0.2, -0.15) is 10.2 Å². The van der Waals surface area contributed by atoms with Crippen LogP contribution in [0.2, 0.25) is 0 Å². The fourth-order valence-corrected chi connectivity index (χ4v) is 3.27. The first-order valence-electron chi connectivity index (χ1n) is 9.87. The Morgan fingerprint density at radius 1 is 1.19 bits per heavy atom. The number of phenols is 2. The van der Waals surface area contributed by atoms with E-state index < -0.39 is 5.97 Å². The van der Waals surface area contributed by atoms with Crippen molar-refractivity contribution < 1.29 is 24.9 Å². The molecule has 9 nitrogen and oxygen atoms in total. The quantitative estimate of drug-likeness (QED) is 0.325. The molecular formula is C22H24N4O5. The van der Waals surface area contributed by atoms with E-state index in [9.17, 15) is 19.8 Å². The van der Waals surface area contributed by atoms with Crippen LogP contribution < -0.4 is 10.9 Å². The van der Waals surface area contributed by atoms with Gasteiger partial charge in [-0.3, -0.25) is 15.0 Å². The molecule has 0 spiro atoms. The second-order valence-corrected chi connectivity index (χ2v) is 7.33. The number of carbonyl (C=O) groups is 2. The van der Waals surface area contributed by atoms with E-state index in [1.54, 1.807) is 0 Å². The van der Waals surface area contributed by atoms with Crippen molar-refractivity contribution >= 4 is 29.0 Å². The number of phenolic OH excluding ortho intramolecular Hbond substituents is 2. The van der Waals surface area contributed by atoms with Gasteiger partial charge in [0.05, 0.1) is 17.1 Å². The molecule has 1 unspecified atom stereocenters. The van der Waals surface area contributed by atoms with Crippen LogP contribution in [0.15, 0.2) is 52.7 Å². The highest BCUT2D eigenvalue weighted by molar-refractivity contribution is 6.06. The zero-order chi connectivity index (χ0) is 22.4. The molecule has 3 rings (SSSR count). The van der Waals surface area contributed by atoms with Crippen LogP contribution in [0.1, 0.15) is 43.7 Å². The molecule has 1 aliphatic rings. The summed E-state index contributed by atoms with van der Waals surface area (Å²) in [4.78, 5) is 22.3. The maximum Gasteiger partial charge on any atom is 0.303 e. The number of hydrogen-bond donors (Lipinski definition) is 5. The van der Waals surface area contributed by atoms with E-state index in [1.165, 1.54) is 18.2 Å². The topological polar surface area (TPSA) is 144 Å². The highest BCUT2D eigenvalue weighted by Gasteiger charge is 2.21. The van der Waals surface area contributed by atoms with Gasteiger partial charge in [0, 0.05) is 30.4 Å². The number of aliphatic carboxylic acids is 1. The maximum atomic E-state index is 11.4. The lowest BCUT2D eigenvalue weighted by molar-refractivity contribution is -0.137. The van der Waals surface area contributed by atoms with Gasteiger partial charge in [-0.1, -0.05) is 19.1 Å². The zero-order valence-electron chi connectivity index (χ0n) is 17.0. The Morgan fingerprint density at radius 2 is 1.94 bits per heavy atom. The number of anilines is 1. The summed E-state index contributed by atoms with van der Waals surface area (Å²) in [6.07, 6.45) is 1.03. The fraction of sp³-hybridized carbons (Fsp3) is 0.273. The van der Waals surface area contributed by atoms with Gasteiger partial charge in [0.25, 0.3) is 0 Å². The molecule has 162 valence electrons. The molecule has 9 heteroatoms. The molecule has 1 amide bonds. The average molecular weight is 424 g/mol. The molecule has 31 heavy (non-hydrogen) atoms. The van der Waals surface area contributed by atoms with Crippen molar-refractivity contribution in [3.8, 4) is 11.5 Å². The number of hydrazone groups is 2. The number of rotatable bonds is 8. The first-order chi connectivity index (χ1) is 14.8. The van der Waals surface area contributed by atoms with Gasteiger partial charge in [-0.05, 0) is 42.7 Å². The molecule has 2 aromatic rings. The highest BCUT2D eigenvalue weighted by Crippen LogP contribution is 2.25. The van der Waals surface area contributed by atoms with Crippen LogP contribution in [0.25, 0.3) is 0 Å². The molecular weight excluding hydrogens is 400 g/mol. The molecule has 1 atom stereocenters. The van der Waals surface area contributed by atoms with Crippen molar-refractivity contribution in [3.05, 3.63) is 53.6 Å². The number of hydrogen-bond acceptors (Lipinski definition) is 7. The van der Waals surface area contributed by atoms with E-state index in [2.05, 4.69) is 21.1 Å². The number of nitrogens with one attached hydrogen (secondary N) is 2. The van der Waals surface area contributed by atoms with E-state index in [0.717, 1.165) is 11.3 Å². The summed E-state index contributed by atoms with van der Waals surface area (Å²) >= 11 is 0. The summed E-state index contributed by atoms with van der Waals surface area (Å²) in [5.41, 5.74) is 8.69. The van der Waals surface area contributed by atoms with Crippen LogP contribution in [0.5, 0.6) is 11.5 Å². The lowest BCUT2D eigenvalue weighted by Crippen LogP contribution is -2.31. The summed E-state index contributed by atoms with van der Waals surface area (Å²) in [6.45, 7) is 1.95. The molecule has 1 heterocycles. The fourth-order valence-electron chi connectivity index (χ4n) is 3.27. The number of carboxylic acid groups (broad SMARTS) is 1. The van der Waals surface area contributed by atoms with Crippen molar-refractivity contribution in [2.45, 2.75) is 32.6 Å². The van der Waals surface area contributed by atoms with Crippen LogP contribution in [0.4, 0.5) is 5.69 Å². The predicted octanol–water partition coefficient (Wildman–Crippen LogP) is 3.03. The van der Waals surface area contributed by atoms with Crippen LogP contribution in [0.3, 0.4) is 0 Å². The normalized spacial score (nSPS) is 16.4. The molecule has 0 saturated heterocycles. The standard InChI is InChI=1S/C22H24N4O5/c1-13-11-20(29)25-26-22(13)14-5-7-15(8-6-14)23-24-18(3-2-4-21(30)31)17-10-9-16(27)12-19(17)28/h5-10,12-13,23,27-28H,2-4,11H2,1H3,(H,25,29)(H,30,31). The van der Waals surface area contributed by atoms with Gasteiger partial charge < -0.3 is 15.3 Å². The Balaban J connectivity index is 1.77. The summed E-state index contributed by atoms with van der Waals surface area (Å²) in [7, 11) is 0. The second-order valence-electron chi connectivity index (χ2n) is 7.33. The molecule has 0 aliphatic carbocycles. The molecule has 0 radical (unpaired) electrons. The minimum atomic E-state index is -0.908. The molecule has 0 fully saturated rings. The Labute approximate surface area is 179 Å². The Hall–Kier alpha value is -3.88. The Bertz CT molecular complexity index is 1030. The molecule has 0 bridgehead atoms. The molecule has 5 N–H and O–H groups in total. The second kappa shape index (κ2) is 9.75. The van der Waals surface area contributed by atoms with Crippen LogP contribution in [-0.4, -0.2) is 38.6 Å². The minimum absolute atomic E-state index is 0.0175. The highest BCUT2D eigenvalue weighted by atomic mass is 16.4. The molecule has 2 aromatic carbocycles. The van der Waals surface area contributed by atoms with Crippen molar-refractivity contribution in [2.75, 3.05) is 5.43 Å². The largest absolute Gasteiger partial charge is 0.508 e. The average Bonchev–Trinajstić information content (AvgIpc) is 2.71. The smallest absolute Gasteiger partial charge is 0.303 e. The van der Waals surface area contributed by atoms with Crippen molar-refractivity contribution in [2.24, 2.45) is 16.1 Å². The molecule has 0 aromatic heterocycles. The predicted molar refractivity (Wildman–Crippen MR) is 116 cm³/mol. The first kappa shape index (κ1) is 21.8. The van der Waals surface area contributed by atoms with Crippen LogP contribution in [0, 0.1) is 5.92 Å². The summed E-state index contributed by atoms with van der Waals surface area (Å²) < 4.78 is 0. The molecule has 1 aliphatic heterocycles. The number of aromatic hydroxyl groups is 2. The number of carbonyl (C=O) groups excluding carboxylic acids is 1. The number of nitrogens with zero attached hydrogens (tertiary/aromatic N) is 2. The van der Waals surface area contributed by atoms with Gasteiger partial charge in [0.1, 0.15) is 11.5 Å². The number of benzene rings is 2. The van der Waals surface area contributed by atoms with Crippen molar-refractivity contribution in [1.29, 1.82) is 0 Å². The minimum Gasteiger partial charge on any atom is -0.508 e. The maximum absolute atomic E-state index is 11.4. The lowest BCUT2D eigenvalue weighted by atomic mass is 9.94. The zero-order valence-corrected chi connectivity index (χ0v) is 17.0. The Morgan fingerprint density at radius 3 is 2.58 bits per heavy atom. The van der Waals surface area contributed by atoms with Gasteiger partial charge in [-0.25, -0.2) is 5.43 Å². The van der Waals surface area contributed by atoms with Gasteiger partial charge in [-0.15, -0.1) is 0 Å². The van der Waals surface area contributed by atoms with E-state index in [1.807, 2.05) is 31.2 Å². The monoisotopic (exact) mass is 424 g/mol. The SMILES string of the molecule is CC1CC(=O)NN=C1c1ccc(NN=C(CCCC(=O)O)c2ccc(O)cc2O)cc1. The summed E-state index contributed by atoms with van der Waals surface area (Å²) in [5.74, 6) is -1.21. The van der Waals surface area contributed by atoms with E-state index >= 15 is 0 Å². The summed E-state index contributed by atoms with van der Waals surface area (Å²) in [6, 6.07) is 11.5. The van der Waals surface area contributed by atoms with Crippen LogP contribution >= 0.6 is 0 Å². The number of amides is 1. The van der Waals surface area contributed by atoms with E-state index in [0.29, 0.717) is 36.2 Å². The third-order valence-corrected chi connectivity index (χ3v) is 4.86. The van der Waals surface area contributed by atoms with Crippen LogP contribution in [-0.2, 0) is 9.59 Å². The third kappa shape index (κ3) is 5.81. The van der Waals surface area contributed by atoms with Gasteiger partial charge in [0.15, 0.2) is 0 Å². The number of carboxylic acids is 1. The summed E-state index contributed by atoms with van der Waals surface area (Å²) in [5, 5.41) is 37.1.